The van der Waals surface area contributed by atoms with Crippen LogP contribution in [-0.2, 0) is 4.74 Å². The standard InChI is InChI=1S/C8H10ClN3O4/c1-2-15-3-4-16-8-6(12(13)14)7(9)10-5-11-8/h5H,2-4H2,1H3. The number of nitro groups is 1. The second-order valence-corrected chi connectivity index (χ2v) is 2.98. The molecule has 0 spiro atoms. The maximum absolute atomic E-state index is 10.7. The van der Waals surface area contributed by atoms with Crippen LogP contribution in [0.5, 0.6) is 5.88 Å². The SMILES string of the molecule is CCOCCOc1ncnc(Cl)c1[N+](=O)[O-]. The molecular weight excluding hydrogens is 238 g/mol. The highest BCUT2D eigenvalue weighted by molar-refractivity contribution is 6.31. The molecule has 16 heavy (non-hydrogen) atoms. The van der Waals surface area contributed by atoms with E-state index in [-0.39, 0.29) is 17.6 Å². The minimum absolute atomic E-state index is 0.148. The molecule has 0 saturated carbocycles. The van der Waals surface area contributed by atoms with Crippen LogP contribution in [0.25, 0.3) is 0 Å². The molecule has 1 aromatic heterocycles. The Morgan fingerprint density at radius 3 is 2.88 bits per heavy atom. The fraction of sp³-hybridized carbons (Fsp3) is 0.500. The van der Waals surface area contributed by atoms with Crippen molar-refractivity contribution in [2.45, 2.75) is 6.92 Å². The zero-order valence-electron chi connectivity index (χ0n) is 8.55. The van der Waals surface area contributed by atoms with Crippen molar-refractivity contribution in [3.8, 4) is 5.88 Å². The minimum atomic E-state index is -0.682. The first-order valence-electron chi connectivity index (χ1n) is 4.52. The third kappa shape index (κ3) is 3.28. The number of aromatic nitrogens is 2. The average Bonchev–Trinajstić information content (AvgIpc) is 2.24. The maximum atomic E-state index is 10.7. The maximum Gasteiger partial charge on any atom is 0.367 e. The lowest BCUT2D eigenvalue weighted by Crippen LogP contribution is -2.09. The minimum Gasteiger partial charge on any atom is -0.470 e. The number of hydrogen-bond donors (Lipinski definition) is 0. The summed E-state index contributed by atoms with van der Waals surface area (Å²) in [6.07, 6.45) is 1.10. The highest BCUT2D eigenvalue weighted by Gasteiger charge is 2.22. The van der Waals surface area contributed by atoms with Gasteiger partial charge < -0.3 is 9.47 Å². The second kappa shape index (κ2) is 6.19. The summed E-state index contributed by atoms with van der Waals surface area (Å²) in [4.78, 5) is 17.1. The fourth-order valence-electron chi connectivity index (χ4n) is 0.943. The van der Waals surface area contributed by atoms with Gasteiger partial charge in [-0.05, 0) is 6.92 Å². The van der Waals surface area contributed by atoms with Gasteiger partial charge in [-0.25, -0.2) is 4.98 Å². The largest absolute Gasteiger partial charge is 0.470 e. The highest BCUT2D eigenvalue weighted by Crippen LogP contribution is 2.29. The summed E-state index contributed by atoms with van der Waals surface area (Å²) in [6, 6.07) is 0. The zero-order chi connectivity index (χ0) is 12.0. The Hall–Kier alpha value is -1.47. The van der Waals surface area contributed by atoms with E-state index in [2.05, 4.69) is 9.97 Å². The van der Waals surface area contributed by atoms with E-state index in [9.17, 15) is 10.1 Å². The van der Waals surface area contributed by atoms with Crippen LogP contribution in [0.15, 0.2) is 6.33 Å². The van der Waals surface area contributed by atoms with E-state index in [0.29, 0.717) is 13.2 Å². The van der Waals surface area contributed by atoms with Crippen LogP contribution in [0.4, 0.5) is 5.69 Å². The molecule has 1 rings (SSSR count). The normalized spacial score (nSPS) is 10.1. The van der Waals surface area contributed by atoms with Crippen LogP contribution >= 0.6 is 11.6 Å². The second-order valence-electron chi connectivity index (χ2n) is 2.62. The van der Waals surface area contributed by atoms with Crippen LogP contribution < -0.4 is 4.74 Å². The molecule has 0 aliphatic rings. The zero-order valence-corrected chi connectivity index (χ0v) is 9.31. The predicted octanol–water partition coefficient (Wildman–Crippen LogP) is 1.45. The van der Waals surface area contributed by atoms with Crippen molar-refractivity contribution >= 4 is 17.3 Å². The van der Waals surface area contributed by atoms with Crippen molar-refractivity contribution in [1.29, 1.82) is 0 Å². The lowest BCUT2D eigenvalue weighted by atomic mass is 10.5. The molecule has 0 unspecified atom stereocenters. The van der Waals surface area contributed by atoms with Gasteiger partial charge in [-0.2, -0.15) is 4.98 Å². The Morgan fingerprint density at radius 1 is 1.50 bits per heavy atom. The van der Waals surface area contributed by atoms with Gasteiger partial charge in [-0.1, -0.05) is 11.6 Å². The molecule has 7 nitrogen and oxygen atoms in total. The molecule has 0 N–H and O–H groups in total. The molecular formula is C8H10ClN3O4. The summed E-state index contributed by atoms with van der Waals surface area (Å²) in [5, 5.41) is 10.4. The van der Waals surface area contributed by atoms with E-state index < -0.39 is 10.6 Å². The first-order chi connectivity index (χ1) is 7.66. The Bertz CT molecular complexity index is 374. The number of rotatable bonds is 6. The van der Waals surface area contributed by atoms with Crippen LogP contribution in [0.1, 0.15) is 6.92 Å². The molecule has 0 saturated heterocycles. The van der Waals surface area contributed by atoms with E-state index >= 15 is 0 Å². The van der Waals surface area contributed by atoms with E-state index in [1.165, 1.54) is 0 Å². The number of ether oxygens (including phenoxy) is 2. The third-order valence-corrected chi connectivity index (χ3v) is 1.87. The van der Waals surface area contributed by atoms with Crippen molar-refractivity contribution in [2.75, 3.05) is 19.8 Å². The van der Waals surface area contributed by atoms with Crippen molar-refractivity contribution in [1.82, 2.24) is 9.97 Å². The van der Waals surface area contributed by atoms with E-state index in [0.717, 1.165) is 6.33 Å². The van der Waals surface area contributed by atoms with Gasteiger partial charge in [0.1, 0.15) is 12.9 Å². The highest BCUT2D eigenvalue weighted by atomic mass is 35.5. The molecule has 1 aromatic rings. The van der Waals surface area contributed by atoms with Gasteiger partial charge in [-0.3, -0.25) is 10.1 Å². The lowest BCUT2D eigenvalue weighted by molar-refractivity contribution is -0.386. The Labute approximate surface area is 96.5 Å². The summed E-state index contributed by atoms with van der Waals surface area (Å²) in [7, 11) is 0. The molecule has 0 radical (unpaired) electrons. The summed E-state index contributed by atoms with van der Waals surface area (Å²) >= 11 is 5.56. The van der Waals surface area contributed by atoms with Crippen molar-refractivity contribution in [3.63, 3.8) is 0 Å². The van der Waals surface area contributed by atoms with Crippen molar-refractivity contribution < 1.29 is 14.4 Å². The van der Waals surface area contributed by atoms with E-state index in [4.69, 9.17) is 21.1 Å². The summed E-state index contributed by atoms with van der Waals surface area (Å²) in [5.41, 5.74) is -0.430. The topological polar surface area (TPSA) is 87.4 Å². The van der Waals surface area contributed by atoms with Gasteiger partial charge in [0.2, 0.25) is 5.15 Å². The van der Waals surface area contributed by atoms with Gasteiger partial charge in [0, 0.05) is 6.61 Å². The molecule has 0 aliphatic carbocycles. The van der Waals surface area contributed by atoms with Gasteiger partial charge in [0.05, 0.1) is 11.5 Å². The molecule has 8 heteroatoms. The first kappa shape index (κ1) is 12.6. The van der Waals surface area contributed by atoms with Crippen molar-refractivity contribution in [3.05, 3.63) is 21.6 Å². The van der Waals surface area contributed by atoms with E-state index in [1.54, 1.807) is 0 Å². The third-order valence-electron chi connectivity index (χ3n) is 1.60. The Balaban J connectivity index is 2.71. The predicted molar refractivity (Wildman–Crippen MR) is 55.7 cm³/mol. The van der Waals surface area contributed by atoms with Gasteiger partial charge >= 0.3 is 5.69 Å². The summed E-state index contributed by atoms with van der Waals surface area (Å²) in [6.45, 7) is 2.89. The Morgan fingerprint density at radius 2 is 2.25 bits per heavy atom. The fourth-order valence-corrected chi connectivity index (χ4v) is 1.14. The molecule has 1 heterocycles. The first-order valence-corrected chi connectivity index (χ1v) is 4.90. The molecule has 0 atom stereocenters. The number of halogens is 1. The van der Waals surface area contributed by atoms with E-state index in [1.807, 2.05) is 6.92 Å². The molecule has 88 valence electrons. The average molecular weight is 248 g/mol. The smallest absolute Gasteiger partial charge is 0.367 e. The monoisotopic (exact) mass is 247 g/mol. The number of nitrogens with zero attached hydrogens (tertiary/aromatic N) is 3. The van der Waals surface area contributed by atoms with Gasteiger partial charge in [0.15, 0.2) is 0 Å². The lowest BCUT2D eigenvalue weighted by Gasteiger charge is -2.05. The quantitative estimate of drug-likeness (QED) is 0.327. The van der Waals surface area contributed by atoms with Gasteiger partial charge in [-0.15, -0.1) is 0 Å². The van der Waals surface area contributed by atoms with Crippen molar-refractivity contribution in [2.24, 2.45) is 0 Å². The molecule has 0 bridgehead atoms. The molecule has 0 amide bonds. The van der Waals surface area contributed by atoms with Gasteiger partial charge in [0.25, 0.3) is 5.88 Å². The molecule has 0 aliphatic heterocycles. The molecule has 0 aromatic carbocycles. The molecule has 0 fully saturated rings. The van der Waals surface area contributed by atoms with Crippen LogP contribution in [0.2, 0.25) is 5.15 Å². The Kier molecular flexibility index (Phi) is 4.87. The summed E-state index contributed by atoms with van der Waals surface area (Å²) in [5.74, 6) is -0.148. The number of hydrogen-bond acceptors (Lipinski definition) is 6. The van der Waals surface area contributed by atoms with Crippen LogP contribution in [0, 0.1) is 10.1 Å². The van der Waals surface area contributed by atoms with Crippen LogP contribution in [0.3, 0.4) is 0 Å². The summed E-state index contributed by atoms with van der Waals surface area (Å²) < 4.78 is 10.1. The van der Waals surface area contributed by atoms with Crippen LogP contribution in [-0.4, -0.2) is 34.7 Å².